The Morgan fingerprint density at radius 2 is 2.27 bits per heavy atom. The van der Waals surface area contributed by atoms with Crippen LogP contribution in [0.4, 0.5) is 11.6 Å². The number of halogens is 1. The third-order valence-electron chi connectivity index (χ3n) is 1.60. The summed E-state index contributed by atoms with van der Waals surface area (Å²) in [5.74, 6) is -0.323. The average Bonchev–Trinajstić information content (AvgIpc) is 2.22. The summed E-state index contributed by atoms with van der Waals surface area (Å²) >= 11 is 5.78. The lowest BCUT2D eigenvalue weighted by molar-refractivity contribution is 0.0595. The first-order chi connectivity index (χ1) is 7.10. The highest BCUT2D eigenvalue weighted by Gasteiger charge is 2.16. The predicted octanol–water partition coefficient (Wildman–Crippen LogP) is 0.931. The van der Waals surface area contributed by atoms with Crippen LogP contribution in [0.25, 0.3) is 0 Å². The largest absolute Gasteiger partial charge is 0.464 e. The van der Waals surface area contributed by atoms with Gasteiger partial charge in [-0.1, -0.05) is 11.6 Å². The van der Waals surface area contributed by atoms with Crippen molar-refractivity contribution in [3.63, 3.8) is 0 Å². The number of esters is 1. The second kappa shape index (κ2) is 4.79. The fourth-order valence-corrected chi connectivity index (χ4v) is 1.15. The molecule has 0 unspecified atom stereocenters. The number of methoxy groups -OCH3 is 1. The molecule has 0 fully saturated rings. The van der Waals surface area contributed by atoms with Crippen molar-refractivity contribution in [2.24, 2.45) is 0 Å². The van der Waals surface area contributed by atoms with Crippen LogP contribution in [0.2, 0.25) is 5.15 Å². The fourth-order valence-electron chi connectivity index (χ4n) is 0.955. The normalized spacial score (nSPS) is 9.80. The number of nitrogens with one attached hydrogen (secondary N) is 1. The number of ether oxygens (including phenoxy) is 1. The zero-order valence-corrected chi connectivity index (χ0v) is 9.13. The molecule has 0 radical (unpaired) electrons. The van der Waals surface area contributed by atoms with Crippen molar-refractivity contribution in [3.8, 4) is 0 Å². The van der Waals surface area contributed by atoms with Gasteiger partial charge in [0, 0.05) is 6.54 Å². The Morgan fingerprint density at radius 1 is 1.60 bits per heavy atom. The number of hydrogen-bond donors (Lipinski definition) is 2. The summed E-state index contributed by atoms with van der Waals surface area (Å²) in [7, 11) is 1.23. The molecule has 0 aliphatic heterocycles. The summed E-state index contributed by atoms with van der Waals surface area (Å²) in [5.41, 5.74) is 5.44. The summed E-state index contributed by atoms with van der Waals surface area (Å²) in [5, 5.41) is 2.95. The van der Waals surface area contributed by atoms with Crippen molar-refractivity contribution in [3.05, 3.63) is 10.8 Å². The van der Waals surface area contributed by atoms with E-state index in [0.717, 1.165) is 0 Å². The van der Waals surface area contributed by atoms with E-state index in [-0.39, 0.29) is 16.7 Å². The molecular weight excluding hydrogens is 220 g/mol. The van der Waals surface area contributed by atoms with Gasteiger partial charge >= 0.3 is 5.97 Å². The minimum atomic E-state index is -0.662. The molecule has 15 heavy (non-hydrogen) atoms. The SMILES string of the molecule is CCNc1nc(N)c(C(=O)OC)nc1Cl. The van der Waals surface area contributed by atoms with Crippen LogP contribution in [0.5, 0.6) is 0 Å². The van der Waals surface area contributed by atoms with Gasteiger partial charge in [0.2, 0.25) is 0 Å². The minimum absolute atomic E-state index is 0.0119. The van der Waals surface area contributed by atoms with E-state index in [9.17, 15) is 4.79 Å². The maximum atomic E-state index is 11.2. The lowest BCUT2D eigenvalue weighted by atomic mass is 10.4. The zero-order chi connectivity index (χ0) is 11.4. The number of nitrogens with two attached hydrogens (primary N) is 1. The molecule has 1 rings (SSSR count). The molecule has 0 aliphatic carbocycles. The summed E-state index contributed by atoms with van der Waals surface area (Å²) in [6, 6.07) is 0. The third kappa shape index (κ3) is 2.47. The molecule has 0 saturated heterocycles. The second-order valence-electron chi connectivity index (χ2n) is 2.62. The lowest BCUT2D eigenvalue weighted by Crippen LogP contribution is -2.12. The van der Waals surface area contributed by atoms with Gasteiger partial charge in [-0.15, -0.1) is 0 Å². The van der Waals surface area contributed by atoms with Crippen LogP contribution in [0.1, 0.15) is 17.4 Å². The first-order valence-corrected chi connectivity index (χ1v) is 4.63. The first-order valence-electron chi connectivity index (χ1n) is 4.25. The quantitative estimate of drug-likeness (QED) is 0.751. The van der Waals surface area contributed by atoms with Crippen LogP contribution in [-0.2, 0) is 4.74 Å². The Morgan fingerprint density at radius 3 is 2.80 bits per heavy atom. The minimum Gasteiger partial charge on any atom is -0.464 e. The van der Waals surface area contributed by atoms with Crippen LogP contribution >= 0.6 is 11.6 Å². The van der Waals surface area contributed by atoms with Crippen molar-refractivity contribution < 1.29 is 9.53 Å². The lowest BCUT2D eigenvalue weighted by Gasteiger charge is -2.07. The molecule has 1 aromatic rings. The van der Waals surface area contributed by atoms with E-state index in [1.54, 1.807) is 0 Å². The Balaban J connectivity index is 3.13. The van der Waals surface area contributed by atoms with Gasteiger partial charge in [-0.2, -0.15) is 0 Å². The van der Waals surface area contributed by atoms with E-state index in [0.29, 0.717) is 12.4 Å². The topological polar surface area (TPSA) is 90.1 Å². The third-order valence-corrected chi connectivity index (χ3v) is 1.87. The molecule has 1 heterocycles. The molecule has 0 atom stereocenters. The standard InChI is InChI=1S/C8H11ClN4O2/c1-3-11-7-5(9)12-4(6(10)13-7)8(14)15-2/h3H2,1-2H3,(H3,10,11,13). The number of nitrogen functional groups attached to an aromatic ring is 1. The molecule has 82 valence electrons. The predicted molar refractivity (Wildman–Crippen MR) is 57.0 cm³/mol. The van der Waals surface area contributed by atoms with E-state index < -0.39 is 5.97 Å². The van der Waals surface area contributed by atoms with Crippen molar-refractivity contribution in [1.29, 1.82) is 0 Å². The number of nitrogens with zero attached hydrogens (tertiary/aromatic N) is 2. The summed E-state index contributed by atoms with van der Waals surface area (Å²) in [4.78, 5) is 18.9. The number of rotatable bonds is 3. The average molecular weight is 231 g/mol. The molecule has 1 aromatic heterocycles. The van der Waals surface area contributed by atoms with E-state index in [1.165, 1.54) is 7.11 Å². The molecule has 7 heteroatoms. The van der Waals surface area contributed by atoms with Gasteiger partial charge in [0.15, 0.2) is 22.5 Å². The van der Waals surface area contributed by atoms with Crippen LogP contribution in [0.3, 0.4) is 0 Å². The summed E-state index contributed by atoms with van der Waals surface area (Å²) < 4.78 is 4.47. The summed E-state index contributed by atoms with van der Waals surface area (Å²) in [6.07, 6.45) is 0. The molecule has 0 amide bonds. The van der Waals surface area contributed by atoms with Gasteiger partial charge in [0.05, 0.1) is 7.11 Å². The molecule has 6 nitrogen and oxygen atoms in total. The van der Waals surface area contributed by atoms with Crippen LogP contribution in [0, 0.1) is 0 Å². The van der Waals surface area contributed by atoms with E-state index in [2.05, 4.69) is 20.0 Å². The van der Waals surface area contributed by atoms with Crippen LogP contribution in [0.15, 0.2) is 0 Å². The number of aromatic nitrogens is 2. The van der Waals surface area contributed by atoms with Crippen LogP contribution < -0.4 is 11.1 Å². The van der Waals surface area contributed by atoms with Crippen molar-refractivity contribution in [2.45, 2.75) is 6.92 Å². The second-order valence-corrected chi connectivity index (χ2v) is 2.98. The maximum absolute atomic E-state index is 11.2. The Hall–Kier alpha value is -1.56. The van der Waals surface area contributed by atoms with Gasteiger partial charge in [-0.05, 0) is 6.92 Å². The highest BCUT2D eigenvalue weighted by Crippen LogP contribution is 2.20. The fraction of sp³-hybridized carbons (Fsp3) is 0.375. The maximum Gasteiger partial charge on any atom is 0.360 e. The molecule has 0 aromatic carbocycles. The summed E-state index contributed by atoms with van der Waals surface area (Å²) in [6.45, 7) is 2.51. The molecule has 0 spiro atoms. The molecular formula is C8H11ClN4O2. The Labute approximate surface area is 91.8 Å². The van der Waals surface area contributed by atoms with Gasteiger partial charge in [-0.3, -0.25) is 0 Å². The number of carbonyl (C=O) groups is 1. The molecule has 3 N–H and O–H groups in total. The molecule has 0 bridgehead atoms. The number of hydrogen-bond acceptors (Lipinski definition) is 6. The van der Waals surface area contributed by atoms with Crippen molar-refractivity contribution in [2.75, 3.05) is 24.7 Å². The van der Waals surface area contributed by atoms with E-state index >= 15 is 0 Å². The van der Waals surface area contributed by atoms with Gasteiger partial charge in [0.1, 0.15) is 0 Å². The Bertz CT molecular complexity index is 383. The monoisotopic (exact) mass is 230 g/mol. The molecule has 0 saturated carbocycles. The highest BCUT2D eigenvalue weighted by molar-refractivity contribution is 6.31. The number of anilines is 2. The van der Waals surface area contributed by atoms with Crippen LogP contribution in [-0.4, -0.2) is 29.6 Å². The van der Waals surface area contributed by atoms with E-state index in [4.69, 9.17) is 17.3 Å². The van der Waals surface area contributed by atoms with Gasteiger partial charge in [0.25, 0.3) is 0 Å². The van der Waals surface area contributed by atoms with Crippen molar-refractivity contribution in [1.82, 2.24) is 9.97 Å². The van der Waals surface area contributed by atoms with Gasteiger partial charge < -0.3 is 15.8 Å². The van der Waals surface area contributed by atoms with E-state index in [1.807, 2.05) is 6.92 Å². The van der Waals surface area contributed by atoms with Crippen molar-refractivity contribution >= 4 is 29.2 Å². The van der Waals surface area contributed by atoms with Gasteiger partial charge in [-0.25, -0.2) is 14.8 Å². The zero-order valence-electron chi connectivity index (χ0n) is 8.37. The molecule has 0 aliphatic rings. The first kappa shape index (κ1) is 11.5. The number of carbonyl (C=O) groups excluding carboxylic acids is 1. The smallest absolute Gasteiger partial charge is 0.360 e. The Kier molecular flexibility index (Phi) is 3.68. The highest BCUT2D eigenvalue weighted by atomic mass is 35.5.